The molecule has 0 saturated heterocycles. The molecule has 140 valence electrons. The van der Waals surface area contributed by atoms with Crippen molar-refractivity contribution in [3.8, 4) is 23.0 Å². The van der Waals surface area contributed by atoms with Crippen LogP contribution in [0.4, 0.5) is 0 Å². The average molecular weight is 356 g/mol. The first kappa shape index (κ1) is 18.4. The van der Waals surface area contributed by atoms with Gasteiger partial charge in [0.2, 0.25) is 0 Å². The third kappa shape index (κ3) is 3.09. The Morgan fingerprint density at radius 1 is 0.731 bits per heavy atom. The van der Waals surface area contributed by atoms with E-state index < -0.39 is 0 Å². The van der Waals surface area contributed by atoms with E-state index in [4.69, 9.17) is 18.9 Å². The van der Waals surface area contributed by atoms with Gasteiger partial charge in [0.05, 0.1) is 28.4 Å². The largest absolute Gasteiger partial charge is 0.493 e. The topological polar surface area (TPSA) is 36.9 Å². The van der Waals surface area contributed by atoms with Crippen molar-refractivity contribution in [1.82, 2.24) is 0 Å². The number of ether oxygens (including phenoxy) is 4. The van der Waals surface area contributed by atoms with Crippen LogP contribution in [-0.2, 0) is 6.42 Å². The molecule has 0 heterocycles. The zero-order valence-electron chi connectivity index (χ0n) is 16.5. The van der Waals surface area contributed by atoms with Crippen LogP contribution in [0, 0.1) is 11.8 Å². The molecule has 0 saturated carbocycles. The SMILES string of the molecule is COc1ccc([C@H]2c3cc(OC)c(OC)cc3C[C@@H](C)[C@H]2C)cc1OC. The molecule has 0 aromatic heterocycles. The molecular weight excluding hydrogens is 328 g/mol. The molecule has 0 radical (unpaired) electrons. The van der Waals surface area contributed by atoms with Gasteiger partial charge in [-0.25, -0.2) is 0 Å². The second-order valence-electron chi connectivity index (χ2n) is 7.04. The molecule has 0 aliphatic heterocycles. The predicted octanol–water partition coefficient (Wildman–Crippen LogP) is 4.68. The average Bonchev–Trinajstić information content (AvgIpc) is 2.67. The normalized spacial score (nSPS) is 21.7. The Kier molecular flexibility index (Phi) is 5.30. The highest BCUT2D eigenvalue weighted by atomic mass is 16.5. The summed E-state index contributed by atoms with van der Waals surface area (Å²) in [4.78, 5) is 0. The molecule has 1 aliphatic rings. The maximum Gasteiger partial charge on any atom is 0.161 e. The van der Waals surface area contributed by atoms with Crippen LogP contribution in [0.5, 0.6) is 23.0 Å². The van der Waals surface area contributed by atoms with Crippen molar-refractivity contribution in [2.24, 2.45) is 11.8 Å². The zero-order chi connectivity index (χ0) is 18.8. The van der Waals surface area contributed by atoms with E-state index in [1.807, 2.05) is 6.07 Å². The van der Waals surface area contributed by atoms with Crippen LogP contribution in [-0.4, -0.2) is 28.4 Å². The fourth-order valence-electron chi connectivity index (χ4n) is 4.08. The molecule has 26 heavy (non-hydrogen) atoms. The van der Waals surface area contributed by atoms with Crippen molar-refractivity contribution in [3.63, 3.8) is 0 Å². The fraction of sp³-hybridized carbons (Fsp3) is 0.455. The van der Waals surface area contributed by atoms with Gasteiger partial charge in [-0.3, -0.25) is 0 Å². The van der Waals surface area contributed by atoms with Crippen LogP contribution in [0.1, 0.15) is 36.5 Å². The Balaban J connectivity index is 2.15. The first-order valence-electron chi connectivity index (χ1n) is 9.00. The fourth-order valence-corrected chi connectivity index (χ4v) is 4.08. The molecule has 3 rings (SSSR count). The lowest BCUT2D eigenvalue weighted by molar-refractivity contribution is 0.316. The van der Waals surface area contributed by atoms with Crippen LogP contribution in [0.15, 0.2) is 30.3 Å². The Bertz CT molecular complexity index is 784. The van der Waals surface area contributed by atoms with Gasteiger partial charge in [0.15, 0.2) is 23.0 Å². The highest BCUT2D eigenvalue weighted by molar-refractivity contribution is 5.54. The molecule has 4 nitrogen and oxygen atoms in total. The lowest BCUT2D eigenvalue weighted by Crippen LogP contribution is -2.27. The monoisotopic (exact) mass is 356 g/mol. The van der Waals surface area contributed by atoms with E-state index in [1.165, 1.54) is 16.7 Å². The first-order valence-corrected chi connectivity index (χ1v) is 9.00. The van der Waals surface area contributed by atoms with Gasteiger partial charge in [-0.15, -0.1) is 0 Å². The van der Waals surface area contributed by atoms with E-state index in [0.29, 0.717) is 11.8 Å². The summed E-state index contributed by atoms with van der Waals surface area (Å²) < 4.78 is 22.0. The number of benzene rings is 2. The molecule has 0 N–H and O–H groups in total. The number of hydrogen-bond donors (Lipinski definition) is 0. The molecule has 1 aliphatic carbocycles. The van der Waals surface area contributed by atoms with Crippen molar-refractivity contribution < 1.29 is 18.9 Å². The molecule has 3 atom stereocenters. The van der Waals surface area contributed by atoms with Gasteiger partial charge in [0.1, 0.15) is 0 Å². The number of fused-ring (bicyclic) bond motifs is 1. The summed E-state index contributed by atoms with van der Waals surface area (Å²) in [5.41, 5.74) is 3.86. The van der Waals surface area contributed by atoms with Crippen LogP contribution >= 0.6 is 0 Å². The van der Waals surface area contributed by atoms with Crippen LogP contribution in [0.3, 0.4) is 0 Å². The van der Waals surface area contributed by atoms with E-state index in [9.17, 15) is 0 Å². The summed E-state index contributed by atoms with van der Waals surface area (Å²) in [6.45, 7) is 4.64. The summed E-state index contributed by atoms with van der Waals surface area (Å²) >= 11 is 0. The van der Waals surface area contributed by atoms with Gasteiger partial charge in [-0.2, -0.15) is 0 Å². The minimum atomic E-state index is 0.272. The third-order valence-electron chi connectivity index (χ3n) is 5.71. The number of methoxy groups -OCH3 is 4. The van der Waals surface area contributed by atoms with E-state index in [-0.39, 0.29) is 5.92 Å². The third-order valence-corrected chi connectivity index (χ3v) is 5.71. The molecule has 0 fully saturated rings. The standard InChI is InChI=1S/C22H28O4/c1-13-9-16-11-20(25-5)21(26-6)12-17(16)22(14(13)2)15-7-8-18(23-3)19(10-15)24-4/h7-8,10-14,22H,9H2,1-6H3/t13-,14-,22+/m1/s1. The van der Waals surface area contributed by atoms with E-state index in [0.717, 1.165) is 29.4 Å². The van der Waals surface area contributed by atoms with E-state index >= 15 is 0 Å². The van der Waals surface area contributed by atoms with Crippen molar-refractivity contribution in [1.29, 1.82) is 0 Å². The smallest absolute Gasteiger partial charge is 0.161 e. The minimum absolute atomic E-state index is 0.272. The molecule has 4 heteroatoms. The molecule has 0 bridgehead atoms. The van der Waals surface area contributed by atoms with Gasteiger partial charge in [-0.1, -0.05) is 19.9 Å². The molecule has 0 amide bonds. The maximum atomic E-state index is 5.56. The van der Waals surface area contributed by atoms with Crippen LogP contribution in [0.2, 0.25) is 0 Å². The Morgan fingerprint density at radius 2 is 1.31 bits per heavy atom. The van der Waals surface area contributed by atoms with Crippen LogP contribution in [0.25, 0.3) is 0 Å². The second-order valence-corrected chi connectivity index (χ2v) is 7.04. The lowest BCUT2D eigenvalue weighted by Gasteiger charge is -2.37. The number of hydrogen-bond acceptors (Lipinski definition) is 4. The summed E-state index contributed by atoms with van der Waals surface area (Å²) in [6.07, 6.45) is 1.04. The molecule has 0 spiro atoms. The van der Waals surface area contributed by atoms with Crippen molar-refractivity contribution in [3.05, 3.63) is 47.0 Å². The Labute approximate surface area is 156 Å². The zero-order valence-corrected chi connectivity index (χ0v) is 16.5. The molecule has 2 aromatic carbocycles. The predicted molar refractivity (Wildman–Crippen MR) is 103 cm³/mol. The first-order chi connectivity index (χ1) is 12.5. The quantitative estimate of drug-likeness (QED) is 0.779. The highest BCUT2D eigenvalue weighted by Crippen LogP contribution is 2.47. The van der Waals surface area contributed by atoms with Crippen LogP contribution < -0.4 is 18.9 Å². The van der Waals surface area contributed by atoms with Crippen molar-refractivity contribution in [2.45, 2.75) is 26.2 Å². The summed E-state index contributed by atoms with van der Waals surface area (Å²) in [5.74, 6) is 4.42. The molecular formula is C22H28O4. The van der Waals surface area contributed by atoms with Crippen molar-refractivity contribution >= 4 is 0 Å². The second kappa shape index (κ2) is 7.48. The summed E-state index contributed by atoms with van der Waals surface area (Å²) in [7, 11) is 6.71. The Hall–Kier alpha value is -2.36. The summed E-state index contributed by atoms with van der Waals surface area (Å²) in [5, 5.41) is 0. The molecule has 2 aromatic rings. The van der Waals surface area contributed by atoms with Gasteiger partial charge in [0.25, 0.3) is 0 Å². The summed E-state index contributed by atoms with van der Waals surface area (Å²) in [6, 6.07) is 10.5. The highest BCUT2D eigenvalue weighted by Gasteiger charge is 2.34. The maximum absolute atomic E-state index is 5.56. The lowest BCUT2D eigenvalue weighted by atomic mass is 9.68. The molecule has 0 unspecified atom stereocenters. The number of rotatable bonds is 5. The van der Waals surface area contributed by atoms with Gasteiger partial charge < -0.3 is 18.9 Å². The van der Waals surface area contributed by atoms with Gasteiger partial charge >= 0.3 is 0 Å². The van der Waals surface area contributed by atoms with Crippen molar-refractivity contribution in [2.75, 3.05) is 28.4 Å². The van der Waals surface area contributed by atoms with Gasteiger partial charge in [0, 0.05) is 5.92 Å². The van der Waals surface area contributed by atoms with E-state index in [2.05, 4.69) is 38.1 Å². The Morgan fingerprint density at radius 3 is 1.92 bits per heavy atom. The van der Waals surface area contributed by atoms with Gasteiger partial charge in [-0.05, 0) is 59.2 Å². The van der Waals surface area contributed by atoms with E-state index in [1.54, 1.807) is 28.4 Å². The minimum Gasteiger partial charge on any atom is -0.493 e.